The maximum Gasteiger partial charge on any atom is 0.200 e. The van der Waals surface area contributed by atoms with Crippen molar-refractivity contribution >= 4 is 28.9 Å². The molecule has 0 N–H and O–H groups in total. The number of carbonyl (C=O) groups is 1. The average molecular weight is 433 g/mol. The van der Waals surface area contributed by atoms with E-state index < -0.39 is 0 Å². The van der Waals surface area contributed by atoms with Crippen LogP contribution in [0.25, 0.3) is 22.1 Å². The van der Waals surface area contributed by atoms with Crippen LogP contribution in [-0.2, 0) is 6.61 Å². The molecule has 5 heteroatoms. The molecule has 4 aromatic rings. The summed E-state index contributed by atoms with van der Waals surface area (Å²) < 4.78 is 12.1. The SMILES string of the molecule is CC(C)c1oc2c(C=O)c(OCc3ccccc3)ccc2c(=O)c1-c1ccc(Cl)cc1. The van der Waals surface area contributed by atoms with Gasteiger partial charge in [0.1, 0.15) is 18.1 Å². The molecule has 0 saturated carbocycles. The third-order valence-corrected chi connectivity index (χ3v) is 5.35. The van der Waals surface area contributed by atoms with Crippen molar-refractivity contribution in [1.82, 2.24) is 0 Å². The average Bonchev–Trinajstić information content (AvgIpc) is 2.78. The van der Waals surface area contributed by atoms with E-state index in [0.717, 1.165) is 11.1 Å². The molecular weight excluding hydrogens is 412 g/mol. The van der Waals surface area contributed by atoms with Gasteiger partial charge in [0.25, 0.3) is 0 Å². The third kappa shape index (κ3) is 4.12. The lowest BCUT2D eigenvalue weighted by Crippen LogP contribution is -2.11. The zero-order valence-electron chi connectivity index (χ0n) is 17.2. The van der Waals surface area contributed by atoms with E-state index in [9.17, 15) is 9.59 Å². The highest BCUT2D eigenvalue weighted by Gasteiger charge is 2.22. The molecule has 1 heterocycles. The van der Waals surface area contributed by atoms with Gasteiger partial charge in [-0.25, -0.2) is 0 Å². The number of rotatable bonds is 6. The van der Waals surface area contributed by atoms with E-state index in [0.29, 0.717) is 40.4 Å². The number of carbonyl (C=O) groups excluding carboxylic acids is 1. The summed E-state index contributed by atoms with van der Waals surface area (Å²) in [5.74, 6) is 0.822. The molecule has 3 aromatic carbocycles. The second-order valence-electron chi connectivity index (χ2n) is 7.58. The number of fused-ring (bicyclic) bond motifs is 1. The number of hydrogen-bond donors (Lipinski definition) is 0. The van der Waals surface area contributed by atoms with Crippen molar-refractivity contribution in [2.24, 2.45) is 0 Å². The minimum atomic E-state index is -0.190. The first-order valence-corrected chi connectivity index (χ1v) is 10.4. The summed E-state index contributed by atoms with van der Waals surface area (Å²) in [6, 6.07) is 20.0. The van der Waals surface area contributed by atoms with Gasteiger partial charge in [-0.05, 0) is 35.4 Å². The van der Waals surface area contributed by atoms with Crippen molar-refractivity contribution in [3.63, 3.8) is 0 Å². The maximum atomic E-state index is 13.4. The van der Waals surface area contributed by atoms with E-state index in [1.807, 2.05) is 44.2 Å². The van der Waals surface area contributed by atoms with Crippen LogP contribution in [0.15, 0.2) is 75.9 Å². The van der Waals surface area contributed by atoms with Gasteiger partial charge in [0.15, 0.2) is 11.9 Å². The lowest BCUT2D eigenvalue weighted by molar-refractivity contribution is 0.111. The van der Waals surface area contributed by atoms with Crippen LogP contribution in [0.1, 0.15) is 41.4 Å². The Morgan fingerprint density at radius 3 is 2.35 bits per heavy atom. The molecule has 0 aliphatic rings. The Morgan fingerprint density at radius 1 is 1.00 bits per heavy atom. The second kappa shape index (κ2) is 8.78. The standard InChI is InChI=1S/C26H21ClO4/c1-16(2)25-23(18-8-10-19(27)11-9-18)24(29)20-12-13-22(21(14-28)26(20)31-25)30-15-17-6-4-3-5-7-17/h3-14,16H,15H2,1-2H3. The Hall–Kier alpha value is -3.37. The molecule has 0 atom stereocenters. The monoisotopic (exact) mass is 432 g/mol. The largest absolute Gasteiger partial charge is 0.488 e. The summed E-state index contributed by atoms with van der Waals surface area (Å²) in [6.45, 7) is 4.19. The van der Waals surface area contributed by atoms with Gasteiger partial charge >= 0.3 is 0 Å². The predicted molar refractivity (Wildman–Crippen MR) is 123 cm³/mol. The van der Waals surface area contributed by atoms with Gasteiger partial charge in [-0.2, -0.15) is 0 Å². The highest BCUT2D eigenvalue weighted by molar-refractivity contribution is 6.30. The molecule has 0 aliphatic carbocycles. The van der Waals surface area contributed by atoms with Crippen LogP contribution in [0.3, 0.4) is 0 Å². The van der Waals surface area contributed by atoms with Crippen molar-refractivity contribution < 1.29 is 13.9 Å². The summed E-state index contributed by atoms with van der Waals surface area (Å²) in [7, 11) is 0. The van der Waals surface area contributed by atoms with Gasteiger partial charge in [0.05, 0.1) is 16.5 Å². The predicted octanol–water partition coefficient (Wildman–Crippen LogP) is 6.63. The van der Waals surface area contributed by atoms with Crippen LogP contribution >= 0.6 is 11.6 Å². The van der Waals surface area contributed by atoms with Crippen LogP contribution in [0.2, 0.25) is 5.02 Å². The van der Waals surface area contributed by atoms with E-state index in [1.54, 1.807) is 36.4 Å². The number of ether oxygens (including phenoxy) is 1. The highest BCUT2D eigenvalue weighted by atomic mass is 35.5. The molecule has 31 heavy (non-hydrogen) atoms. The van der Waals surface area contributed by atoms with E-state index in [4.69, 9.17) is 20.8 Å². The minimum Gasteiger partial charge on any atom is -0.488 e. The maximum absolute atomic E-state index is 13.4. The third-order valence-electron chi connectivity index (χ3n) is 5.10. The van der Waals surface area contributed by atoms with Crippen LogP contribution in [-0.4, -0.2) is 6.29 Å². The fourth-order valence-corrected chi connectivity index (χ4v) is 3.67. The topological polar surface area (TPSA) is 56.5 Å². The summed E-state index contributed by atoms with van der Waals surface area (Å²) in [4.78, 5) is 25.4. The van der Waals surface area contributed by atoms with E-state index in [2.05, 4.69) is 0 Å². The first-order valence-electron chi connectivity index (χ1n) is 10.0. The fraction of sp³-hybridized carbons (Fsp3) is 0.154. The van der Waals surface area contributed by atoms with Gasteiger partial charge < -0.3 is 9.15 Å². The molecule has 1 aromatic heterocycles. The molecule has 0 radical (unpaired) electrons. The fourth-order valence-electron chi connectivity index (χ4n) is 3.55. The van der Waals surface area contributed by atoms with Crippen molar-refractivity contribution in [3.8, 4) is 16.9 Å². The van der Waals surface area contributed by atoms with Crippen LogP contribution in [0.5, 0.6) is 5.75 Å². The minimum absolute atomic E-state index is 0.0730. The Bertz CT molecular complexity index is 1290. The van der Waals surface area contributed by atoms with Crippen molar-refractivity contribution in [2.45, 2.75) is 26.4 Å². The van der Waals surface area contributed by atoms with Crippen LogP contribution in [0.4, 0.5) is 0 Å². The summed E-state index contributed by atoms with van der Waals surface area (Å²) >= 11 is 6.01. The Balaban J connectivity index is 1.87. The molecule has 0 amide bonds. The summed E-state index contributed by atoms with van der Waals surface area (Å²) in [6.07, 6.45) is 0.678. The number of halogens is 1. The number of aldehydes is 1. The molecular formula is C26H21ClO4. The van der Waals surface area contributed by atoms with Gasteiger partial charge in [-0.15, -0.1) is 0 Å². The van der Waals surface area contributed by atoms with Crippen molar-refractivity contribution in [1.29, 1.82) is 0 Å². The molecule has 0 bridgehead atoms. The molecule has 0 aliphatic heterocycles. The smallest absolute Gasteiger partial charge is 0.200 e. The van der Waals surface area contributed by atoms with Gasteiger partial charge in [0.2, 0.25) is 5.43 Å². The Morgan fingerprint density at radius 2 is 1.71 bits per heavy atom. The molecule has 0 spiro atoms. The lowest BCUT2D eigenvalue weighted by Gasteiger charge is -2.15. The summed E-state index contributed by atoms with van der Waals surface area (Å²) in [5.41, 5.74) is 2.46. The normalized spacial score (nSPS) is 11.1. The molecule has 0 fully saturated rings. The zero-order valence-corrected chi connectivity index (χ0v) is 18.0. The molecule has 4 rings (SSSR count). The van der Waals surface area contributed by atoms with E-state index in [-0.39, 0.29) is 22.5 Å². The molecule has 4 nitrogen and oxygen atoms in total. The van der Waals surface area contributed by atoms with Crippen molar-refractivity contribution in [3.05, 3.63) is 98.9 Å². The Labute approximate surface area is 185 Å². The quantitative estimate of drug-likeness (QED) is 0.321. The van der Waals surface area contributed by atoms with Crippen LogP contribution < -0.4 is 10.2 Å². The van der Waals surface area contributed by atoms with E-state index >= 15 is 0 Å². The molecule has 156 valence electrons. The van der Waals surface area contributed by atoms with Gasteiger partial charge in [-0.1, -0.05) is 67.9 Å². The molecule has 0 unspecified atom stereocenters. The summed E-state index contributed by atoms with van der Waals surface area (Å²) in [5, 5.41) is 0.923. The van der Waals surface area contributed by atoms with Gasteiger partial charge in [-0.3, -0.25) is 9.59 Å². The first-order chi connectivity index (χ1) is 15.0. The number of benzene rings is 3. The first kappa shape index (κ1) is 20.9. The second-order valence-corrected chi connectivity index (χ2v) is 8.01. The zero-order chi connectivity index (χ0) is 22.0. The Kier molecular flexibility index (Phi) is 5.92. The van der Waals surface area contributed by atoms with E-state index in [1.165, 1.54) is 0 Å². The molecule has 0 saturated heterocycles. The van der Waals surface area contributed by atoms with Gasteiger partial charge in [0, 0.05) is 10.9 Å². The highest BCUT2D eigenvalue weighted by Crippen LogP contribution is 2.34. The lowest BCUT2D eigenvalue weighted by atomic mass is 9.96. The van der Waals surface area contributed by atoms with Crippen LogP contribution in [0, 0.1) is 0 Å². The number of hydrogen-bond acceptors (Lipinski definition) is 4. The van der Waals surface area contributed by atoms with Crippen molar-refractivity contribution in [2.75, 3.05) is 0 Å².